The van der Waals surface area contributed by atoms with E-state index >= 15 is 0 Å². The molecule has 7 heteroatoms. The molecule has 1 aromatic rings. The van der Waals surface area contributed by atoms with E-state index in [1.54, 1.807) is 16.9 Å². The lowest BCUT2D eigenvalue weighted by Gasteiger charge is -2.10. The van der Waals surface area contributed by atoms with E-state index in [1.807, 2.05) is 6.92 Å². The van der Waals surface area contributed by atoms with Gasteiger partial charge in [0.2, 0.25) is 5.91 Å². The first kappa shape index (κ1) is 14.0. The van der Waals surface area contributed by atoms with Crippen LogP contribution in [-0.4, -0.2) is 35.6 Å². The maximum atomic E-state index is 11.9. The Hall–Kier alpha value is -1.37. The second-order valence-electron chi connectivity index (χ2n) is 4.96. The third-order valence-corrected chi connectivity index (χ3v) is 5.06. The van der Waals surface area contributed by atoms with Crippen LogP contribution in [0.3, 0.4) is 0 Å². The Balaban J connectivity index is 1.89. The number of hydrogen-bond acceptors (Lipinski definition) is 4. The van der Waals surface area contributed by atoms with Crippen LogP contribution in [0.4, 0.5) is 5.82 Å². The highest BCUT2D eigenvalue weighted by atomic mass is 32.2. The Bertz CT molecular complexity index is 550. The van der Waals surface area contributed by atoms with Gasteiger partial charge < -0.3 is 5.32 Å². The highest BCUT2D eigenvalue weighted by Gasteiger charge is 2.29. The summed E-state index contributed by atoms with van der Waals surface area (Å²) in [6.45, 7) is 2.79. The first-order valence-corrected chi connectivity index (χ1v) is 8.34. The van der Waals surface area contributed by atoms with Gasteiger partial charge in [0.15, 0.2) is 9.84 Å². The molecule has 1 N–H and O–H groups in total. The molecule has 1 atom stereocenters. The van der Waals surface area contributed by atoms with Crippen molar-refractivity contribution in [2.24, 2.45) is 5.92 Å². The maximum absolute atomic E-state index is 11.9. The predicted octanol–water partition coefficient (Wildman–Crippen LogP) is 1.06. The molecular weight excluding hydrogens is 266 g/mol. The van der Waals surface area contributed by atoms with Crippen LogP contribution in [-0.2, 0) is 21.2 Å². The summed E-state index contributed by atoms with van der Waals surface area (Å²) in [6.07, 6.45) is 3.43. The zero-order chi connectivity index (χ0) is 13.9. The average molecular weight is 285 g/mol. The Labute approximate surface area is 113 Å². The third-order valence-electron chi connectivity index (χ3n) is 3.22. The molecule has 0 radical (unpaired) electrons. The fourth-order valence-corrected chi connectivity index (χ4v) is 4.18. The summed E-state index contributed by atoms with van der Waals surface area (Å²) < 4.78 is 24.4. The second-order valence-corrected chi connectivity index (χ2v) is 7.19. The van der Waals surface area contributed by atoms with E-state index in [0.717, 1.165) is 13.0 Å². The minimum absolute atomic E-state index is 0.0486. The summed E-state index contributed by atoms with van der Waals surface area (Å²) in [6, 6.07) is 1.75. The van der Waals surface area contributed by atoms with E-state index in [2.05, 4.69) is 10.4 Å². The number of aromatic nitrogens is 2. The topological polar surface area (TPSA) is 81.1 Å². The highest BCUT2D eigenvalue weighted by molar-refractivity contribution is 7.91. The lowest BCUT2D eigenvalue weighted by molar-refractivity contribution is -0.116. The molecular formula is C12H19N3O3S. The fourth-order valence-electron chi connectivity index (χ4n) is 2.32. The molecule has 0 spiro atoms. The number of rotatable bonds is 5. The van der Waals surface area contributed by atoms with Crippen molar-refractivity contribution in [1.82, 2.24) is 9.78 Å². The predicted molar refractivity (Wildman–Crippen MR) is 72.5 cm³/mol. The number of aryl methyl sites for hydroxylation is 1. The van der Waals surface area contributed by atoms with Crippen LogP contribution in [0.25, 0.3) is 0 Å². The van der Waals surface area contributed by atoms with Crippen molar-refractivity contribution in [3.8, 4) is 0 Å². The summed E-state index contributed by atoms with van der Waals surface area (Å²) in [5.41, 5.74) is 0. The average Bonchev–Trinajstić information content (AvgIpc) is 2.87. The van der Waals surface area contributed by atoms with Gasteiger partial charge >= 0.3 is 0 Å². The SMILES string of the molecule is CCCn1nccc1NC(=O)CC1CCS(=O)(=O)C1. The van der Waals surface area contributed by atoms with Crippen molar-refractivity contribution < 1.29 is 13.2 Å². The summed E-state index contributed by atoms with van der Waals surface area (Å²) >= 11 is 0. The van der Waals surface area contributed by atoms with Crippen LogP contribution in [0, 0.1) is 5.92 Å². The summed E-state index contributed by atoms with van der Waals surface area (Å²) in [7, 11) is -2.92. The van der Waals surface area contributed by atoms with Crippen LogP contribution in [0.15, 0.2) is 12.3 Å². The number of anilines is 1. The largest absolute Gasteiger partial charge is 0.311 e. The quantitative estimate of drug-likeness (QED) is 0.877. The molecule has 1 aliphatic rings. The molecule has 1 saturated heterocycles. The molecule has 1 fully saturated rings. The lowest BCUT2D eigenvalue weighted by atomic mass is 10.1. The minimum atomic E-state index is -2.92. The normalized spacial score (nSPS) is 21.4. The molecule has 0 saturated carbocycles. The number of carbonyl (C=O) groups is 1. The molecule has 0 aliphatic carbocycles. The number of amides is 1. The molecule has 6 nitrogen and oxygen atoms in total. The van der Waals surface area contributed by atoms with E-state index in [1.165, 1.54) is 0 Å². The first-order valence-electron chi connectivity index (χ1n) is 6.52. The van der Waals surface area contributed by atoms with Gasteiger partial charge in [-0.05, 0) is 18.8 Å². The van der Waals surface area contributed by atoms with Crippen LogP contribution < -0.4 is 5.32 Å². The lowest BCUT2D eigenvalue weighted by Crippen LogP contribution is -2.19. The van der Waals surface area contributed by atoms with Gasteiger partial charge in [0, 0.05) is 19.0 Å². The van der Waals surface area contributed by atoms with Gasteiger partial charge in [-0.3, -0.25) is 4.79 Å². The van der Waals surface area contributed by atoms with Crippen LogP contribution in [0.2, 0.25) is 0 Å². The van der Waals surface area contributed by atoms with Gasteiger partial charge in [-0.25, -0.2) is 13.1 Å². The van der Waals surface area contributed by atoms with Gasteiger partial charge in [0.05, 0.1) is 17.7 Å². The number of sulfone groups is 1. The number of nitrogens with one attached hydrogen (secondary N) is 1. The highest BCUT2D eigenvalue weighted by Crippen LogP contribution is 2.22. The fraction of sp³-hybridized carbons (Fsp3) is 0.667. The summed E-state index contributed by atoms with van der Waals surface area (Å²) in [5.74, 6) is 0.827. The summed E-state index contributed by atoms with van der Waals surface area (Å²) in [5, 5.41) is 6.92. The van der Waals surface area contributed by atoms with E-state index < -0.39 is 9.84 Å². The second kappa shape index (κ2) is 5.73. The minimum Gasteiger partial charge on any atom is -0.311 e. The van der Waals surface area contributed by atoms with Crippen LogP contribution >= 0.6 is 0 Å². The van der Waals surface area contributed by atoms with Gasteiger partial charge in [0.25, 0.3) is 0 Å². The molecule has 1 amide bonds. The molecule has 1 aromatic heterocycles. The number of nitrogens with zero attached hydrogens (tertiary/aromatic N) is 2. The molecule has 1 unspecified atom stereocenters. The zero-order valence-corrected chi connectivity index (χ0v) is 11.8. The standard InChI is InChI=1S/C12H19N3O3S/c1-2-6-15-11(3-5-13-15)14-12(16)8-10-4-7-19(17,18)9-10/h3,5,10H,2,4,6-9H2,1H3,(H,14,16). The molecule has 1 aliphatic heterocycles. The molecule has 0 aromatic carbocycles. The smallest absolute Gasteiger partial charge is 0.225 e. The molecule has 106 valence electrons. The first-order chi connectivity index (χ1) is 9.00. The van der Waals surface area contributed by atoms with E-state index in [0.29, 0.717) is 12.2 Å². The van der Waals surface area contributed by atoms with Gasteiger partial charge in [-0.15, -0.1) is 0 Å². The van der Waals surface area contributed by atoms with Crippen molar-refractivity contribution in [2.75, 3.05) is 16.8 Å². The van der Waals surface area contributed by atoms with Crippen LogP contribution in [0.5, 0.6) is 0 Å². The van der Waals surface area contributed by atoms with E-state index in [9.17, 15) is 13.2 Å². The summed E-state index contributed by atoms with van der Waals surface area (Å²) in [4.78, 5) is 11.9. The van der Waals surface area contributed by atoms with Gasteiger partial charge in [0.1, 0.15) is 5.82 Å². The van der Waals surface area contributed by atoms with Gasteiger partial charge in [-0.2, -0.15) is 5.10 Å². The van der Waals surface area contributed by atoms with Crippen molar-refractivity contribution in [3.05, 3.63) is 12.3 Å². The monoisotopic (exact) mass is 285 g/mol. The van der Waals surface area contributed by atoms with Crippen molar-refractivity contribution in [2.45, 2.75) is 32.7 Å². The molecule has 19 heavy (non-hydrogen) atoms. The Morgan fingerprint density at radius 2 is 2.37 bits per heavy atom. The molecule has 2 heterocycles. The Kier molecular flexibility index (Phi) is 4.24. The van der Waals surface area contributed by atoms with E-state index in [-0.39, 0.29) is 29.8 Å². The molecule has 0 bridgehead atoms. The Morgan fingerprint density at radius 3 is 3.00 bits per heavy atom. The Morgan fingerprint density at radius 1 is 1.58 bits per heavy atom. The zero-order valence-electron chi connectivity index (χ0n) is 11.0. The maximum Gasteiger partial charge on any atom is 0.225 e. The third kappa shape index (κ3) is 3.79. The molecule has 2 rings (SSSR count). The van der Waals surface area contributed by atoms with Crippen molar-refractivity contribution in [1.29, 1.82) is 0 Å². The van der Waals surface area contributed by atoms with E-state index in [4.69, 9.17) is 0 Å². The van der Waals surface area contributed by atoms with Crippen molar-refractivity contribution >= 4 is 21.6 Å². The number of carbonyl (C=O) groups excluding carboxylic acids is 1. The van der Waals surface area contributed by atoms with Gasteiger partial charge in [-0.1, -0.05) is 6.92 Å². The van der Waals surface area contributed by atoms with Crippen LogP contribution in [0.1, 0.15) is 26.2 Å². The van der Waals surface area contributed by atoms with Crippen molar-refractivity contribution in [3.63, 3.8) is 0 Å². The number of hydrogen-bond donors (Lipinski definition) is 1.